The van der Waals surface area contributed by atoms with E-state index >= 15 is 0 Å². The summed E-state index contributed by atoms with van der Waals surface area (Å²) < 4.78 is 0. The van der Waals surface area contributed by atoms with E-state index in [1.165, 1.54) is 6.42 Å². The lowest BCUT2D eigenvalue weighted by molar-refractivity contribution is 0.211. The van der Waals surface area contributed by atoms with Crippen molar-refractivity contribution in [2.75, 3.05) is 6.61 Å². The zero-order chi connectivity index (χ0) is 8.97. The van der Waals surface area contributed by atoms with E-state index in [9.17, 15) is 4.79 Å². The minimum Gasteiger partial charge on any atom is -0.394 e. The van der Waals surface area contributed by atoms with E-state index < -0.39 is 0 Å². The molecule has 0 heterocycles. The molecule has 1 atom stereocenters. The summed E-state index contributed by atoms with van der Waals surface area (Å²) in [7, 11) is 0. The van der Waals surface area contributed by atoms with E-state index in [1.54, 1.807) is 6.92 Å². The predicted molar refractivity (Wildman–Crippen MR) is 45.9 cm³/mol. The van der Waals surface area contributed by atoms with Crippen molar-refractivity contribution in [3.8, 4) is 0 Å². The van der Waals surface area contributed by atoms with Crippen LogP contribution in [0.2, 0.25) is 0 Å². The Morgan fingerprint density at radius 2 is 2.33 bits per heavy atom. The number of hydrogen-bond acceptors (Lipinski definition) is 2. The lowest BCUT2D eigenvalue weighted by Crippen LogP contribution is -2.48. The zero-order valence-corrected chi connectivity index (χ0v) is 7.34. The Hall–Kier alpha value is -0.770. The number of hydrogen-bond donors (Lipinski definition) is 3. The molecule has 1 saturated carbocycles. The number of rotatable bonds is 3. The van der Waals surface area contributed by atoms with Crippen molar-refractivity contribution in [3.63, 3.8) is 0 Å². The number of carbonyl (C=O) groups is 1. The Labute approximate surface area is 72.3 Å². The smallest absolute Gasteiger partial charge is 0.315 e. The highest BCUT2D eigenvalue weighted by Gasteiger charge is 2.19. The monoisotopic (exact) mass is 172 g/mol. The molecule has 0 bridgehead atoms. The van der Waals surface area contributed by atoms with Gasteiger partial charge >= 0.3 is 6.03 Å². The highest BCUT2D eigenvalue weighted by Crippen LogP contribution is 2.17. The highest BCUT2D eigenvalue weighted by atomic mass is 16.3. The quantitative estimate of drug-likeness (QED) is 0.570. The molecule has 1 aliphatic rings. The van der Waals surface area contributed by atoms with Crippen LogP contribution in [-0.2, 0) is 0 Å². The molecular formula is C8H16N2O2. The molecule has 70 valence electrons. The van der Waals surface area contributed by atoms with Gasteiger partial charge in [-0.2, -0.15) is 0 Å². The summed E-state index contributed by atoms with van der Waals surface area (Å²) in [6, 6.07) is 0.0298. The number of amides is 2. The topological polar surface area (TPSA) is 61.4 Å². The van der Waals surface area contributed by atoms with Crippen LogP contribution in [-0.4, -0.2) is 29.8 Å². The zero-order valence-electron chi connectivity index (χ0n) is 7.34. The fourth-order valence-corrected chi connectivity index (χ4v) is 1.05. The van der Waals surface area contributed by atoms with E-state index in [2.05, 4.69) is 10.6 Å². The van der Waals surface area contributed by atoms with E-state index in [1.807, 2.05) is 0 Å². The maximum absolute atomic E-state index is 11.1. The molecule has 0 unspecified atom stereocenters. The van der Waals surface area contributed by atoms with Gasteiger partial charge in [-0.25, -0.2) is 4.79 Å². The molecule has 0 aromatic rings. The molecular weight excluding hydrogens is 156 g/mol. The van der Waals surface area contributed by atoms with Crippen molar-refractivity contribution < 1.29 is 9.90 Å². The molecule has 4 heteroatoms. The van der Waals surface area contributed by atoms with Gasteiger partial charge in [-0.15, -0.1) is 0 Å². The predicted octanol–water partition coefficient (Wildman–Crippen LogP) is 0.219. The summed E-state index contributed by atoms with van der Waals surface area (Å²) in [4.78, 5) is 11.1. The van der Waals surface area contributed by atoms with E-state index in [4.69, 9.17) is 5.11 Å². The minimum atomic E-state index is -0.166. The summed E-state index contributed by atoms with van der Waals surface area (Å²) in [6.07, 6.45) is 3.38. The first kappa shape index (κ1) is 9.32. The molecule has 3 N–H and O–H groups in total. The van der Waals surface area contributed by atoms with Crippen molar-refractivity contribution in [1.82, 2.24) is 10.6 Å². The van der Waals surface area contributed by atoms with Crippen LogP contribution in [0.1, 0.15) is 26.2 Å². The Balaban J connectivity index is 2.10. The normalized spacial score (nSPS) is 19.5. The van der Waals surface area contributed by atoms with Crippen LogP contribution in [0.4, 0.5) is 4.79 Å². The summed E-state index contributed by atoms with van der Waals surface area (Å²) in [5, 5.41) is 14.1. The van der Waals surface area contributed by atoms with Crippen LogP contribution in [0.25, 0.3) is 0 Å². The van der Waals surface area contributed by atoms with E-state index in [-0.39, 0.29) is 18.7 Å². The molecule has 0 aromatic heterocycles. The van der Waals surface area contributed by atoms with Gasteiger partial charge in [-0.1, -0.05) is 0 Å². The largest absolute Gasteiger partial charge is 0.394 e. The average molecular weight is 172 g/mol. The molecule has 4 nitrogen and oxygen atoms in total. The first-order valence-electron chi connectivity index (χ1n) is 4.40. The summed E-state index contributed by atoms with van der Waals surface area (Å²) in [5.41, 5.74) is 0. The molecule has 0 saturated heterocycles. The molecule has 1 aliphatic carbocycles. The molecule has 1 fully saturated rings. The van der Waals surface area contributed by atoms with Gasteiger partial charge < -0.3 is 15.7 Å². The second-order valence-corrected chi connectivity index (χ2v) is 3.33. The Morgan fingerprint density at radius 3 is 2.75 bits per heavy atom. The average Bonchev–Trinajstić information content (AvgIpc) is 1.97. The lowest BCUT2D eigenvalue weighted by Gasteiger charge is -2.27. The van der Waals surface area contributed by atoms with Crippen LogP contribution in [0.3, 0.4) is 0 Å². The van der Waals surface area contributed by atoms with Crippen LogP contribution in [0, 0.1) is 0 Å². The fraction of sp³-hybridized carbons (Fsp3) is 0.875. The van der Waals surface area contributed by atoms with Gasteiger partial charge in [0.2, 0.25) is 0 Å². The van der Waals surface area contributed by atoms with Gasteiger partial charge in [-0.3, -0.25) is 0 Å². The van der Waals surface area contributed by atoms with Crippen molar-refractivity contribution in [2.24, 2.45) is 0 Å². The van der Waals surface area contributed by atoms with Gasteiger partial charge in [0.25, 0.3) is 0 Å². The molecule has 0 aromatic carbocycles. The molecule has 0 spiro atoms. The molecule has 1 rings (SSSR count). The van der Waals surface area contributed by atoms with Crippen molar-refractivity contribution in [2.45, 2.75) is 38.3 Å². The Bertz CT molecular complexity index is 148. The summed E-state index contributed by atoms with van der Waals surface area (Å²) in [6.45, 7) is 1.75. The van der Waals surface area contributed by atoms with Gasteiger partial charge in [0, 0.05) is 6.04 Å². The van der Waals surface area contributed by atoms with Crippen LogP contribution in [0.15, 0.2) is 0 Å². The van der Waals surface area contributed by atoms with Gasteiger partial charge in [-0.05, 0) is 26.2 Å². The lowest BCUT2D eigenvalue weighted by atomic mass is 9.93. The Kier molecular flexibility index (Phi) is 3.34. The molecule has 0 radical (unpaired) electrons. The van der Waals surface area contributed by atoms with Crippen LogP contribution < -0.4 is 10.6 Å². The first-order chi connectivity index (χ1) is 5.72. The number of aliphatic hydroxyl groups excluding tert-OH is 1. The maximum Gasteiger partial charge on any atom is 0.315 e. The maximum atomic E-state index is 11.1. The molecule has 12 heavy (non-hydrogen) atoms. The first-order valence-corrected chi connectivity index (χ1v) is 4.40. The van der Waals surface area contributed by atoms with Crippen LogP contribution in [0.5, 0.6) is 0 Å². The third-order valence-electron chi connectivity index (χ3n) is 2.09. The third-order valence-corrected chi connectivity index (χ3v) is 2.09. The Morgan fingerprint density at radius 1 is 1.67 bits per heavy atom. The SMILES string of the molecule is C[C@@H](CO)NC(=O)NC1CCC1. The van der Waals surface area contributed by atoms with Gasteiger partial charge in [0.15, 0.2) is 0 Å². The summed E-state index contributed by atoms with van der Waals surface area (Å²) in [5.74, 6) is 0. The third kappa shape index (κ3) is 2.70. The van der Waals surface area contributed by atoms with Gasteiger partial charge in [0.05, 0.1) is 12.6 Å². The number of nitrogens with one attached hydrogen (secondary N) is 2. The second-order valence-electron chi connectivity index (χ2n) is 3.33. The highest BCUT2D eigenvalue weighted by molar-refractivity contribution is 5.74. The fourth-order valence-electron chi connectivity index (χ4n) is 1.05. The van der Waals surface area contributed by atoms with Crippen molar-refractivity contribution >= 4 is 6.03 Å². The molecule has 2 amide bonds. The van der Waals surface area contributed by atoms with Crippen molar-refractivity contribution in [1.29, 1.82) is 0 Å². The molecule has 0 aliphatic heterocycles. The minimum absolute atomic E-state index is 0.0158. The summed E-state index contributed by atoms with van der Waals surface area (Å²) >= 11 is 0. The van der Waals surface area contributed by atoms with Crippen molar-refractivity contribution in [3.05, 3.63) is 0 Å². The number of urea groups is 1. The number of aliphatic hydroxyl groups is 1. The van der Waals surface area contributed by atoms with E-state index in [0.29, 0.717) is 6.04 Å². The standard InChI is InChI=1S/C8H16N2O2/c1-6(5-11)9-8(12)10-7-3-2-4-7/h6-7,11H,2-5H2,1H3,(H2,9,10,12)/t6-/m0/s1. The second kappa shape index (κ2) is 4.30. The van der Waals surface area contributed by atoms with E-state index in [0.717, 1.165) is 12.8 Å². The van der Waals surface area contributed by atoms with Gasteiger partial charge in [0.1, 0.15) is 0 Å². The van der Waals surface area contributed by atoms with Crippen LogP contribution >= 0.6 is 0 Å². The number of carbonyl (C=O) groups excluding carboxylic acids is 1.